The summed E-state index contributed by atoms with van der Waals surface area (Å²) in [5, 5.41) is 24.4. The van der Waals surface area contributed by atoms with Crippen molar-refractivity contribution in [3.8, 4) is 11.3 Å². The number of aliphatic hydroxyl groups is 1. The van der Waals surface area contributed by atoms with E-state index in [0.717, 1.165) is 29.7 Å². The van der Waals surface area contributed by atoms with Crippen LogP contribution in [0.4, 0.5) is 21.6 Å². The summed E-state index contributed by atoms with van der Waals surface area (Å²) in [4.78, 5) is 20.8. The molecule has 4 N–H and O–H groups in total. The molecular formula is C26H28FN7O2. The maximum absolute atomic E-state index is 13.3. The molecular weight excluding hydrogens is 461 g/mol. The van der Waals surface area contributed by atoms with Crippen LogP contribution in [0.2, 0.25) is 0 Å². The zero-order valence-corrected chi connectivity index (χ0v) is 20.3. The summed E-state index contributed by atoms with van der Waals surface area (Å²) in [6.45, 7) is 5.62. The highest BCUT2D eigenvalue weighted by atomic mass is 19.1. The predicted molar refractivity (Wildman–Crippen MR) is 136 cm³/mol. The van der Waals surface area contributed by atoms with Crippen molar-refractivity contribution >= 4 is 28.7 Å². The van der Waals surface area contributed by atoms with Crippen LogP contribution in [0.3, 0.4) is 0 Å². The molecule has 36 heavy (non-hydrogen) atoms. The average molecular weight is 490 g/mol. The molecule has 0 radical (unpaired) electrons. The minimum atomic E-state index is -0.946. The monoisotopic (exact) mass is 489 g/mol. The Morgan fingerprint density at radius 1 is 1.17 bits per heavy atom. The number of anilines is 3. The quantitative estimate of drug-likeness (QED) is 0.276. The molecule has 0 spiro atoms. The molecule has 4 aromatic rings. The van der Waals surface area contributed by atoms with Crippen LogP contribution in [0.1, 0.15) is 42.6 Å². The Labute approximate surface area is 207 Å². The number of carbonyl (C=O) groups is 1. The highest BCUT2D eigenvalue weighted by Gasteiger charge is 2.24. The number of carbonyl (C=O) groups excluding carboxylic acids is 1. The molecule has 1 amide bonds. The van der Waals surface area contributed by atoms with E-state index < -0.39 is 11.5 Å². The number of pyridine rings is 1. The van der Waals surface area contributed by atoms with Crippen molar-refractivity contribution < 1.29 is 14.3 Å². The van der Waals surface area contributed by atoms with Crippen molar-refractivity contribution in [1.82, 2.24) is 24.9 Å². The van der Waals surface area contributed by atoms with Gasteiger partial charge in [-0.2, -0.15) is 4.39 Å². The molecule has 3 heterocycles. The van der Waals surface area contributed by atoms with Gasteiger partial charge in [0.2, 0.25) is 5.95 Å². The van der Waals surface area contributed by atoms with Gasteiger partial charge in [0.05, 0.1) is 35.1 Å². The van der Waals surface area contributed by atoms with Gasteiger partial charge in [-0.25, -0.2) is 14.5 Å². The SMILES string of the molecule is Cc1cc(-c2cnc3c(NCC(C)(C)O)cc(Nc4ccc(F)nc4)nn23)ccc1C(=O)NC1CC1. The van der Waals surface area contributed by atoms with E-state index in [1.807, 2.05) is 25.1 Å². The lowest BCUT2D eigenvalue weighted by Gasteiger charge is -2.19. The molecule has 1 aromatic carbocycles. The van der Waals surface area contributed by atoms with E-state index in [1.54, 1.807) is 36.7 Å². The van der Waals surface area contributed by atoms with Gasteiger partial charge in [-0.05, 0) is 63.4 Å². The molecule has 1 fully saturated rings. The number of halogens is 1. The van der Waals surface area contributed by atoms with Crippen LogP contribution in [-0.2, 0) is 0 Å². The molecule has 0 aliphatic heterocycles. The number of hydrogen-bond donors (Lipinski definition) is 4. The lowest BCUT2D eigenvalue weighted by atomic mass is 10.0. The smallest absolute Gasteiger partial charge is 0.251 e. The van der Waals surface area contributed by atoms with Crippen LogP contribution in [0.5, 0.6) is 0 Å². The van der Waals surface area contributed by atoms with Crippen LogP contribution in [0.15, 0.2) is 48.8 Å². The van der Waals surface area contributed by atoms with Crippen molar-refractivity contribution in [3.05, 3.63) is 65.9 Å². The molecule has 186 valence electrons. The van der Waals surface area contributed by atoms with E-state index in [-0.39, 0.29) is 18.5 Å². The number of nitrogens with one attached hydrogen (secondary N) is 3. The number of hydrogen-bond acceptors (Lipinski definition) is 7. The van der Waals surface area contributed by atoms with Gasteiger partial charge in [0.25, 0.3) is 5.91 Å². The first kappa shape index (κ1) is 23.7. The first-order valence-corrected chi connectivity index (χ1v) is 11.8. The van der Waals surface area contributed by atoms with Crippen molar-refractivity contribution in [2.75, 3.05) is 17.2 Å². The van der Waals surface area contributed by atoms with Gasteiger partial charge in [-0.15, -0.1) is 5.10 Å². The van der Waals surface area contributed by atoms with Gasteiger partial charge in [0, 0.05) is 29.8 Å². The Bertz CT molecular complexity index is 1420. The van der Waals surface area contributed by atoms with Crippen molar-refractivity contribution in [2.24, 2.45) is 0 Å². The third kappa shape index (κ3) is 5.28. The topological polar surface area (TPSA) is 116 Å². The first-order valence-electron chi connectivity index (χ1n) is 11.8. The number of fused-ring (bicyclic) bond motifs is 1. The Balaban J connectivity index is 1.53. The lowest BCUT2D eigenvalue weighted by Crippen LogP contribution is -2.29. The largest absolute Gasteiger partial charge is 0.389 e. The Kier molecular flexibility index (Phi) is 6.05. The molecule has 1 aliphatic rings. The second kappa shape index (κ2) is 9.19. The second-order valence-corrected chi connectivity index (χ2v) is 9.76. The zero-order valence-electron chi connectivity index (χ0n) is 20.3. The maximum Gasteiger partial charge on any atom is 0.251 e. The summed E-state index contributed by atoms with van der Waals surface area (Å²) >= 11 is 0. The van der Waals surface area contributed by atoms with Crippen LogP contribution in [-0.4, -0.2) is 48.8 Å². The van der Waals surface area contributed by atoms with Crippen LogP contribution >= 0.6 is 0 Å². The summed E-state index contributed by atoms with van der Waals surface area (Å²) in [6.07, 6.45) is 5.17. The number of amides is 1. The van der Waals surface area contributed by atoms with Gasteiger partial charge in [0.1, 0.15) is 0 Å². The van der Waals surface area contributed by atoms with Crippen molar-refractivity contribution in [2.45, 2.75) is 45.3 Å². The number of aromatic nitrogens is 4. The van der Waals surface area contributed by atoms with E-state index in [2.05, 4.69) is 25.9 Å². The third-order valence-electron chi connectivity index (χ3n) is 5.86. The summed E-state index contributed by atoms with van der Waals surface area (Å²) in [5.74, 6) is -0.154. The first-order chi connectivity index (χ1) is 17.2. The molecule has 0 unspecified atom stereocenters. The second-order valence-electron chi connectivity index (χ2n) is 9.76. The van der Waals surface area contributed by atoms with E-state index in [1.165, 1.54) is 12.3 Å². The van der Waals surface area contributed by atoms with Gasteiger partial charge < -0.3 is 21.1 Å². The lowest BCUT2D eigenvalue weighted by molar-refractivity contribution is 0.0940. The predicted octanol–water partition coefficient (Wildman–Crippen LogP) is 4.06. The number of benzene rings is 1. The number of rotatable bonds is 8. The fraction of sp³-hybridized carbons (Fsp3) is 0.308. The van der Waals surface area contributed by atoms with Crippen LogP contribution in [0.25, 0.3) is 16.9 Å². The summed E-state index contributed by atoms with van der Waals surface area (Å²) < 4.78 is 15.0. The third-order valence-corrected chi connectivity index (χ3v) is 5.86. The van der Waals surface area contributed by atoms with Crippen molar-refractivity contribution in [3.63, 3.8) is 0 Å². The summed E-state index contributed by atoms with van der Waals surface area (Å²) in [6, 6.07) is 10.5. The summed E-state index contributed by atoms with van der Waals surface area (Å²) in [5.41, 5.74) is 3.94. The molecule has 1 saturated carbocycles. The number of imidazole rings is 1. The number of nitrogens with zero attached hydrogens (tertiary/aromatic N) is 4. The molecule has 10 heteroatoms. The maximum atomic E-state index is 13.3. The molecule has 3 aromatic heterocycles. The van der Waals surface area contributed by atoms with Crippen LogP contribution in [0, 0.1) is 12.9 Å². The molecule has 1 aliphatic carbocycles. The standard InChI is InChI=1S/C26H28FN7O2/c1-15-10-16(4-8-19(15)25(35)32-17-5-6-17)21-13-29-24-20(30-14-26(2,3)36)11-23(33-34(21)24)31-18-7-9-22(27)28-12-18/h4,7-13,17,30,36H,5-6,14H2,1-3H3,(H,31,33)(H,32,35). The molecule has 5 rings (SSSR count). The van der Waals surface area contributed by atoms with E-state index in [9.17, 15) is 14.3 Å². The normalized spacial score (nSPS) is 13.6. The minimum absolute atomic E-state index is 0.0599. The van der Waals surface area contributed by atoms with Gasteiger partial charge in [0.15, 0.2) is 11.5 Å². The van der Waals surface area contributed by atoms with Crippen molar-refractivity contribution in [1.29, 1.82) is 0 Å². The minimum Gasteiger partial charge on any atom is -0.389 e. The number of aryl methyl sites for hydroxylation is 1. The Hall–Kier alpha value is -4.05. The highest BCUT2D eigenvalue weighted by molar-refractivity contribution is 5.96. The fourth-order valence-corrected chi connectivity index (χ4v) is 3.83. The van der Waals surface area contributed by atoms with Gasteiger partial charge in [-0.1, -0.05) is 6.07 Å². The molecule has 0 bridgehead atoms. The molecule has 0 atom stereocenters. The Morgan fingerprint density at radius 3 is 2.64 bits per heavy atom. The molecule has 9 nitrogen and oxygen atoms in total. The van der Waals surface area contributed by atoms with Gasteiger partial charge >= 0.3 is 0 Å². The van der Waals surface area contributed by atoms with Crippen LogP contribution < -0.4 is 16.0 Å². The molecule has 0 saturated heterocycles. The fourth-order valence-electron chi connectivity index (χ4n) is 3.83. The van der Waals surface area contributed by atoms with E-state index in [0.29, 0.717) is 28.4 Å². The van der Waals surface area contributed by atoms with E-state index in [4.69, 9.17) is 5.10 Å². The Morgan fingerprint density at radius 2 is 1.97 bits per heavy atom. The zero-order chi connectivity index (χ0) is 25.4. The van der Waals surface area contributed by atoms with Gasteiger partial charge in [-0.3, -0.25) is 4.79 Å². The average Bonchev–Trinajstić information content (AvgIpc) is 3.53. The highest BCUT2D eigenvalue weighted by Crippen LogP contribution is 2.29. The summed E-state index contributed by atoms with van der Waals surface area (Å²) in [7, 11) is 0. The van der Waals surface area contributed by atoms with E-state index >= 15 is 0 Å².